The molecular formula is C20H24N8O. The first-order valence-electron chi connectivity index (χ1n) is 10.1. The number of phenolic OH excluding ortho intramolecular Hbond substituents is 1. The quantitative estimate of drug-likeness (QED) is 0.605. The number of nitrogens with one attached hydrogen (secondary N) is 2. The monoisotopic (exact) mass is 392 g/mol. The van der Waals surface area contributed by atoms with Gasteiger partial charge in [-0.25, -0.2) is 0 Å². The zero-order valence-electron chi connectivity index (χ0n) is 16.3. The van der Waals surface area contributed by atoms with E-state index in [1.807, 2.05) is 18.2 Å². The fourth-order valence-corrected chi connectivity index (χ4v) is 4.42. The number of benzene rings is 1. The van der Waals surface area contributed by atoms with Crippen LogP contribution < -0.4 is 10.6 Å². The number of tetrazole rings is 1. The Morgan fingerprint density at radius 3 is 2.59 bits per heavy atom. The maximum absolute atomic E-state index is 10.4. The molecule has 2 bridgehead atoms. The van der Waals surface area contributed by atoms with E-state index in [4.69, 9.17) is 0 Å². The number of hydrogen-bond donors (Lipinski definition) is 3. The Hall–Kier alpha value is -3.07. The van der Waals surface area contributed by atoms with Gasteiger partial charge < -0.3 is 15.7 Å². The molecule has 3 N–H and O–H groups in total. The molecule has 1 aromatic carbocycles. The van der Waals surface area contributed by atoms with Crippen LogP contribution in [0.15, 0.2) is 30.3 Å². The van der Waals surface area contributed by atoms with E-state index >= 15 is 0 Å². The number of fused-ring (bicyclic) bond motifs is 2. The van der Waals surface area contributed by atoms with Gasteiger partial charge in [0.25, 0.3) is 0 Å². The summed E-state index contributed by atoms with van der Waals surface area (Å²) in [7, 11) is 0. The summed E-state index contributed by atoms with van der Waals surface area (Å²) in [6.45, 7) is 2.69. The van der Waals surface area contributed by atoms with E-state index in [2.05, 4.69) is 36.2 Å². The van der Waals surface area contributed by atoms with Crippen molar-refractivity contribution in [1.29, 1.82) is 0 Å². The lowest BCUT2D eigenvalue weighted by atomic mass is 9.92. The Morgan fingerprint density at radius 2 is 1.93 bits per heavy atom. The fourth-order valence-electron chi connectivity index (χ4n) is 4.42. The SMILES string of the molecule is Cc1nnn(-c2ccc(-c3ccc(NCC4CC5CCC(C4)N5)nn3)c(O)c2)n1. The van der Waals surface area contributed by atoms with Gasteiger partial charge in [0.05, 0.1) is 11.4 Å². The van der Waals surface area contributed by atoms with E-state index in [0.717, 1.165) is 12.4 Å². The summed E-state index contributed by atoms with van der Waals surface area (Å²) in [6.07, 6.45) is 5.08. The highest BCUT2D eigenvalue weighted by atomic mass is 16.3. The van der Waals surface area contributed by atoms with Gasteiger partial charge in [-0.3, -0.25) is 0 Å². The van der Waals surface area contributed by atoms with Crippen molar-refractivity contribution < 1.29 is 5.11 Å². The smallest absolute Gasteiger partial charge is 0.172 e. The van der Waals surface area contributed by atoms with Crippen LogP contribution in [0.25, 0.3) is 16.9 Å². The van der Waals surface area contributed by atoms with Crippen LogP contribution in [0.2, 0.25) is 0 Å². The molecule has 29 heavy (non-hydrogen) atoms. The van der Waals surface area contributed by atoms with Crippen molar-refractivity contribution in [2.75, 3.05) is 11.9 Å². The predicted octanol–water partition coefficient (Wildman–Crippen LogP) is 2.08. The number of phenols is 1. The molecule has 5 rings (SSSR count). The molecule has 150 valence electrons. The third kappa shape index (κ3) is 3.77. The van der Waals surface area contributed by atoms with Crippen LogP contribution in [0.5, 0.6) is 5.75 Å². The largest absolute Gasteiger partial charge is 0.507 e. The lowest BCUT2D eigenvalue weighted by Crippen LogP contribution is -2.40. The highest BCUT2D eigenvalue weighted by Crippen LogP contribution is 2.31. The Bertz CT molecular complexity index is 990. The van der Waals surface area contributed by atoms with Gasteiger partial charge in [-0.2, -0.15) is 0 Å². The molecule has 0 radical (unpaired) electrons. The minimum absolute atomic E-state index is 0.0950. The van der Waals surface area contributed by atoms with Crippen LogP contribution in [0.3, 0.4) is 0 Å². The van der Waals surface area contributed by atoms with Gasteiger partial charge in [0.2, 0.25) is 0 Å². The Labute approximate surface area is 168 Å². The maximum atomic E-state index is 10.4. The number of aromatic nitrogens is 6. The number of hydrogen-bond acceptors (Lipinski definition) is 8. The molecule has 9 nitrogen and oxygen atoms in total. The first kappa shape index (κ1) is 18.0. The molecule has 3 aromatic rings. The number of anilines is 1. The molecule has 2 fully saturated rings. The van der Waals surface area contributed by atoms with Gasteiger partial charge >= 0.3 is 0 Å². The molecule has 2 saturated heterocycles. The average Bonchev–Trinajstić information content (AvgIpc) is 3.31. The van der Waals surface area contributed by atoms with Crippen molar-refractivity contribution in [2.45, 2.75) is 44.7 Å². The van der Waals surface area contributed by atoms with Crippen molar-refractivity contribution in [3.8, 4) is 22.7 Å². The molecule has 2 aliphatic heterocycles. The number of aromatic hydroxyl groups is 1. The summed E-state index contributed by atoms with van der Waals surface area (Å²) in [6, 6.07) is 10.4. The minimum Gasteiger partial charge on any atom is -0.507 e. The summed E-state index contributed by atoms with van der Waals surface area (Å²) in [5.41, 5.74) is 1.86. The van der Waals surface area contributed by atoms with Gasteiger partial charge in [0.15, 0.2) is 5.82 Å². The van der Waals surface area contributed by atoms with Gasteiger partial charge in [-0.1, -0.05) is 0 Å². The van der Waals surface area contributed by atoms with Crippen molar-refractivity contribution in [3.05, 3.63) is 36.2 Å². The van der Waals surface area contributed by atoms with Crippen LogP contribution in [0.4, 0.5) is 5.82 Å². The molecule has 0 amide bonds. The summed E-state index contributed by atoms with van der Waals surface area (Å²) < 4.78 is 0. The van der Waals surface area contributed by atoms with Crippen LogP contribution in [-0.2, 0) is 0 Å². The Kier molecular flexibility index (Phi) is 4.59. The van der Waals surface area contributed by atoms with E-state index in [-0.39, 0.29) is 5.75 Å². The van der Waals surface area contributed by atoms with Crippen molar-refractivity contribution in [1.82, 2.24) is 35.7 Å². The van der Waals surface area contributed by atoms with E-state index in [0.29, 0.717) is 40.8 Å². The van der Waals surface area contributed by atoms with Gasteiger partial charge in [-0.15, -0.1) is 25.2 Å². The van der Waals surface area contributed by atoms with Crippen LogP contribution in [-0.4, -0.2) is 54.1 Å². The summed E-state index contributed by atoms with van der Waals surface area (Å²) >= 11 is 0. The third-order valence-corrected chi connectivity index (χ3v) is 5.81. The molecule has 2 atom stereocenters. The molecular weight excluding hydrogens is 368 g/mol. The molecule has 2 aliphatic rings. The number of aryl methyl sites for hydroxylation is 1. The highest BCUT2D eigenvalue weighted by molar-refractivity contribution is 5.68. The number of nitrogens with zero attached hydrogens (tertiary/aromatic N) is 6. The van der Waals surface area contributed by atoms with Crippen LogP contribution in [0.1, 0.15) is 31.5 Å². The maximum Gasteiger partial charge on any atom is 0.172 e. The lowest BCUT2D eigenvalue weighted by molar-refractivity contribution is 0.311. The predicted molar refractivity (Wildman–Crippen MR) is 108 cm³/mol. The summed E-state index contributed by atoms with van der Waals surface area (Å²) in [5.74, 6) is 2.11. The standard InChI is InChI=1S/C20H24N8O/c1-12-23-27-28(26-12)16-4-5-17(19(29)10-16)18-6-7-20(25-24-18)21-11-13-8-14-2-3-15(9-13)22-14/h4-7,10,13-15,22,29H,2-3,8-9,11H2,1H3,(H,21,25). The topological polar surface area (TPSA) is 114 Å². The van der Waals surface area contributed by atoms with Gasteiger partial charge in [0, 0.05) is 30.3 Å². The third-order valence-electron chi connectivity index (χ3n) is 5.81. The van der Waals surface area contributed by atoms with Crippen molar-refractivity contribution >= 4 is 5.82 Å². The average molecular weight is 392 g/mol. The molecule has 4 heterocycles. The normalized spacial score (nSPS) is 23.3. The van der Waals surface area contributed by atoms with E-state index in [9.17, 15) is 5.11 Å². The minimum atomic E-state index is 0.0950. The van der Waals surface area contributed by atoms with Crippen molar-refractivity contribution in [2.24, 2.45) is 5.92 Å². The Morgan fingerprint density at radius 1 is 1.10 bits per heavy atom. The fraction of sp³-hybridized carbons (Fsp3) is 0.450. The number of piperidine rings is 1. The molecule has 0 spiro atoms. The first-order valence-corrected chi connectivity index (χ1v) is 10.1. The van der Waals surface area contributed by atoms with Gasteiger partial charge in [0.1, 0.15) is 11.6 Å². The van der Waals surface area contributed by atoms with Crippen LogP contribution >= 0.6 is 0 Å². The number of rotatable bonds is 5. The summed E-state index contributed by atoms with van der Waals surface area (Å²) in [5, 5.41) is 38.0. The second-order valence-corrected chi connectivity index (χ2v) is 7.99. The van der Waals surface area contributed by atoms with E-state index in [1.165, 1.54) is 30.5 Å². The van der Waals surface area contributed by atoms with E-state index < -0.39 is 0 Å². The molecule has 0 saturated carbocycles. The van der Waals surface area contributed by atoms with Crippen LogP contribution in [0, 0.1) is 12.8 Å². The first-order chi connectivity index (χ1) is 14.1. The molecule has 9 heteroatoms. The van der Waals surface area contributed by atoms with E-state index in [1.54, 1.807) is 19.1 Å². The lowest BCUT2D eigenvalue weighted by Gasteiger charge is -2.29. The summed E-state index contributed by atoms with van der Waals surface area (Å²) in [4.78, 5) is 1.38. The molecule has 2 aromatic heterocycles. The Balaban J connectivity index is 1.25. The molecule has 0 aliphatic carbocycles. The second-order valence-electron chi connectivity index (χ2n) is 7.99. The van der Waals surface area contributed by atoms with Crippen molar-refractivity contribution in [3.63, 3.8) is 0 Å². The molecule has 2 unspecified atom stereocenters. The van der Waals surface area contributed by atoms with Gasteiger partial charge in [-0.05, 0) is 68.0 Å². The highest BCUT2D eigenvalue weighted by Gasteiger charge is 2.33. The second kappa shape index (κ2) is 7.40. The zero-order valence-corrected chi connectivity index (χ0v) is 16.3. The zero-order chi connectivity index (χ0) is 19.8.